The second-order valence-electron chi connectivity index (χ2n) is 3.48. The van der Waals surface area contributed by atoms with Crippen LogP contribution >= 0.6 is 15.9 Å². The van der Waals surface area contributed by atoms with Gasteiger partial charge < -0.3 is 4.74 Å². The smallest absolute Gasteiger partial charge is 0.337 e. The largest absolute Gasteiger partial charge is 0.463 e. The number of rotatable bonds is 4. The summed E-state index contributed by atoms with van der Waals surface area (Å²) in [5, 5.41) is 8.69. The molecule has 0 atom stereocenters. The number of amides is 1. The topological polar surface area (TPSA) is 79.9 Å². The van der Waals surface area contributed by atoms with Crippen LogP contribution in [-0.4, -0.2) is 27.7 Å². The van der Waals surface area contributed by atoms with E-state index in [1.165, 1.54) is 12.1 Å². The Hall–Kier alpha value is -1.96. The molecule has 0 radical (unpaired) electrons. The van der Waals surface area contributed by atoms with Crippen molar-refractivity contribution in [2.75, 3.05) is 11.9 Å². The SMILES string of the molecule is CCOc1n[nH]c(NC(=O)c2cc(F)ccc2Br)n1. The number of H-pyrrole nitrogens is 1. The maximum Gasteiger partial charge on any atom is 0.337 e. The number of carbonyl (C=O) groups is 1. The van der Waals surface area contributed by atoms with E-state index in [-0.39, 0.29) is 17.5 Å². The Labute approximate surface area is 116 Å². The van der Waals surface area contributed by atoms with Crippen molar-refractivity contribution in [3.8, 4) is 6.01 Å². The van der Waals surface area contributed by atoms with E-state index in [2.05, 4.69) is 36.4 Å². The number of ether oxygens (including phenoxy) is 1. The predicted octanol–water partition coefficient (Wildman–Crippen LogP) is 2.36. The number of carbonyl (C=O) groups excluding carboxylic acids is 1. The van der Waals surface area contributed by atoms with Crippen molar-refractivity contribution in [1.29, 1.82) is 0 Å². The zero-order chi connectivity index (χ0) is 13.8. The molecule has 1 aromatic heterocycles. The fraction of sp³-hybridized carbons (Fsp3) is 0.182. The molecule has 100 valence electrons. The van der Waals surface area contributed by atoms with E-state index in [1.54, 1.807) is 6.92 Å². The van der Waals surface area contributed by atoms with Gasteiger partial charge in [0.2, 0.25) is 5.95 Å². The standard InChI is InChI=1S/C11H10BrFN4O2/c1-2-19-11-15-10(16-17-11)14-9(18)7-5-6(13)3-4-8(7)12/h3-5H,2H2,1H3,(H2,14,15,16,17,18). The molecule has 0 aliphatic carbocycles. The van der Waals surface area contributed by atoms with Crippen LogP contribution in [0.4, 0.5) is 10.3 Å². The molecular formula is C11H10BrFN4O2. The molecule has 0 unspecified atom stereocenters. The van der Waals surface area contributed by atoms with Gasteiger partial charge in [-0.3, -0.25) is 10.1 Å². The number of hydrogen-bond donors (Lipinski definition) is 2. The van der Waals surface area contributed by atoms with Gasteiger partial charge in [0.1, 0.15) is 5.82 Å². The van der Waals surface area contributed by atoms with Crippen LogP contribution in [-0.2, 0) is 0 Å². The van der Waals surface area contributed by atoms with Crippen molar-refractivity contribution < 1.29 is 13.9 Å². The highest BCUT2D eigenvalue weighted by molar-refractivity contribution is 9.10. The molecule has 0 saturated carbocycles. The number of anilines is 1. The molecular weight excluding hydrogens is 319 g/mol. The van der Waals surface area contributed by atoms with Gasteiger partial charge in [0.15, 0.2) is 0 Å². The van der Waals surface area contributed by atoms with E-state index in [0.29, 0.717) is 11.1 Å². The molecule has 1 aromatic carbocycles. The van der Waals surface area contributed by atoms with Crippen molar-refractivity contribution in [1.82, 2.24) is 15.2 Å². The zero-order valence-corrected chi connectivity index (χ0v) is 11.5. The first-order chi connectivity index (χ1) is 9.10. The Balaban J connectivity index is 2.13. The third kappa shape index (κ3) is 3.28. The lowest BCUT2D eigenvalue weighted by atomic mass is 10.2. The molecule has 8 heteroatoms. The van der Waals surface area contributed by atoms with Crippen LogP contribution < -0.4 is 10.1 Å². The van der Waals surface area contributed by atoms with E-state index in [0.717, 1.165) is 6.07 Å². The lowest BCUT2D eigenvalue weighted by molar-refractivity contribution is 0.102. The van der Waals surface area contributed by atoms with Gasteiger partial charge in [-0.1, -0.05) is 0 Å². The highest BCUT2D eigenvalue weighted by atomic mass is 79.9. The number of aromatic amines is 1. The van der Waals surface area contributed by atoms with Crippen LogP contribution in [0.15, 0.2) is 22.7 Å². The molecule has 0 aliphatic heterocycles. The molecule has 1 amide bonds. The maximum absolute atomic E-state index is 13.1. The van der Waals surface area contributed by atoms with Crippen molar-refractivity contribution >= 4 is 27.8 Å². The second-order valence-corrected chi connectivity index (χ2v) is 4.33. The van der Waals surface area contributed by atoms with Gasteiger partial charge in [-0.05, 0) is 41.1 Å². The molecule has 2 N–H and O–H groups in total. The summed E-state index contributed by atoms with van der Waals surface area (Å²) in [4.78, 5) is 15.8. The first-order valence-electron chi connectivity index (χ1n) is 5.41. The van der Waals surface area contributed by atoms with Crippen LogP contribution in [0.2, 0.25) is 0 Å². The summed E-state index contributed by atoms with van der Waals surface area (Å²) in [6.07, 6.45) is 0. The Kier molecular flexibility index (Phi) is 4.10. The molecule has 2 rings (SSSR count). The van der Waals surface area contributed by atoms with E-state index in [9.17, 15) is 9.18 Å². The van der Waals surface area contributed by atoms with Gasteiger partial charge in [-0.25, -0.2) is 9.49 Å². The molecule has 1 heterocycles. The fourth-order valence-corrected chi connectivity index (χ4v) is 1.77. The van der Waals surface area contributed by atoms with Crippen LogP contribution in [0.25, 0.3) is 0 Å². The van der Waals surface area contributed by atoms with Gasteiger partial charge in [0.25, 0.3) is 5.91 Å². The van der Waals surface area contributed by atoms with Crippen molar-refractivity contribution in [3.05, 3.63) is 34.1 Å². The minimum Gasteiger partial charge on any atom is -0.463 e. The number of aromatic nitrogens is 3. The molecule has 19 heavy (non-hydrogen) atoms. The highest BCUT2D eigenvalue weighted by Gasteiger charge is 2.13. The molecule has 6 nitrogen and oxygen atoms in total. The number of nitrogens with one attached hydrogen (secondary N) is 2. The molecule has 2 aromatic rings. The third-order valence-electron chi connectivity index (χ3n) is 2.14. The molecule has 0 saturated heterocycles. The summed E-state index contributed by atoms with van der Waals surface area (Å²) in [6, 6.07) is 3.97. The van der Waals surface area contributed by atoms with Gasteiger partial charge in [-0.15, -0.1) is 5.10 Å². The van der Waals surface area contributed by atoms with E-state index >= 15 is 0 Å². The number of hydrogen-bond acceptors (Lipinski definition) is 4. The fourth-order valence-electron chi connectivity index (χ4n) is 1.34. The van der Waals surface area contributed by atoms with Gasteiger partial charge in [0, 0.05) is 4.47 Å². The summed E-state index contributed by atoms with van der Waals surface area (Å²) in [7, 11) is 0. The monoisotopic (exact) mass is 328 g/mol. The number of benzene rings is 1. The quantitative estimate of drug-likeness (QED) is 0.902. The summed E-state index contributed by atoms with van der Waals surface area (Å²) < 4.78 is 18.6. The lowest BCUT2D eigenvalue weighted by Crippen LogP contribution is -2.14. The van der Waals surface area contributed by atoms with Crippen LogP contribution in [0.5, 0.6) is 6.01 Å². The van der Waals surface area contributed by atoms with Crippen molar-refractivity contribution in [3.63, 3.8) is 0 Å². The zero-order valence-electron chi connectivity index (χ0n) is 9.91. The normalized spacial score (nSPS) is 10.3. The average Bonchev–Trinajstić information content (AvgIpc) is 2.80. The van der Waals surface area contributed by atoms with E-state index in [1.807, 2.05) is 0 Å². The minimum absolute atomic E-state index is 0.129. The van der Waals surface area contributed by atoms with Crippen LogP contribution in [0.1, 0.15) is 17.3 Å². The number of nitrogens with zero attached hydrogens (tertiary/aromatic N) is 2. The van der Waals surface area contributed by atoms with Crippen LogP contribution in [0.3, 0.4) is 0 Å². The summed E-state index contributed by atoms with van der Waals surface area (Å²) in [5.74, 6) is -0.879. The Morgan fingerprint density at radius 3 is 3.11 bits per heavy atom. The van der Waals surface area contributed by atoms with Crippen LogP contribution in [0, 0.1) is 5.82 Å². The minimum atomic E-state index is -0.509. The second kappa shape index (κ2) is 5.79. The first-order valence-corrected chi connectivity index (χ1v) is 6.21. The molecule has 0 aliphatic rings. The number of halogens is 2. The third-order valence-corrected chi connectivity index (χ3v) is 2.83. The summed E-state index contributed by atoms with van der Waals surface area (Å²) in [5.41, 5.74) is 0.161. The molecule has 0 bridgehead atoms. The highest BCUT2D eigenvalue weighted by Crippen LogP contribution is 2.19. The van der Waals surface area contributed by atoms with Gasteiger partial charge >= 0.3 is 6.01 Å². The predicted molar refractivity (Wildman–Crippen MR) is 69.6 cm³/mol. The van der Waals surface area contributed by atoms with E-state index < -0.39 is 11.7 Å². The summed E-state index contributed by atoms with van der Waals surface area (Å²) >= 11 is 3.18. The van der Waals surface area contributed by atoms with Gasteiger partial charge in [0.05, 0.1) is 12.2 Å². The Morgan fingerprint density at radius 1 is 1.58 bits per heavy atom. The average molecular weight is 329 g/mol. The van der Waals surface area contributed by atoms with Crippen molar-refractivity contribution in [2.45, 2.75) is 6.92 Å². The molecule has 0 fully saturated rings. The van der Waals surface area contributed by atoms with Gasteiger partial charge in [-0.2, -0.15) is 4.98 Å². The van der Waals surface area contributed by atoms with Crippen molar-refractivity contribution in [2.24, 2.45) is 0 Å². The Morgan fingerprint density at radius 2 is 2.37 bits per heavy atom. The Bertz CT molecular complexity index is 602. The van der Waals surface area contributed by atoms with E-state index in [4.69, 9.17) is 4.74 Å². The maximum atomic E-state index is 13.1. The first kappa shape index (κ1) is 13.5. The lowest BCUT2D eigenvalue weighted by Gasteiger charge is -2.03. The summed E-state index contributed by atoms with van der Waals surface area (Å²) in [6.45, 7) is 2.21. The molecule has 0 spiro atoms.